The first kappa shape index (κ1) is 38.9. The molecular weight excluding hydrogens is 633 g/mol. The molecule has 0 aromatic rings. The standard InChI is InChI=1S/C32H56N3O11P/c1-21(2)28(43-31(38)41-24-17-11-7-12-18-24)45-47(40,34-30(33)35(5)26(27(36)37)23-15-9-6-10-16-23)46-29(22(3)4)44-32(39)42-25-19-13-8-14-20-25/h21-26,28-29H,6-20H2,1-5H3,(H,36,37)(H2,33,34,40). The van der Waals surface area contributed by atoms with Gasteiger partial charge in [0.1, 0.15) is 18.2 Å². The minimum Gasteiger partial charge on any atom is -0.480 e. The van der Waals surface area contributed by atoms with Crippen LogP contribution < -0.4 is 5.73 Å². The Morgan fingerprint density at radius 1 is 0.723 bits per heavy atom. The summed E-state index contributed by atoms with van der Waals surface area (Å²) in [6.45, 7) is 6.68. The number of hydrogen-bond acceptors (Lipinski definition) is 10. The summed E-state index contributed by atoms with van der Waals surface area (Å²) >= 11 is 0. The number of nitrogens with zero attached hydrogens (tertiary/aromatic N) is 2. The zero-order chi connectivity index (χ0) is 34.6. The second kappa shape index (κ2) is 18.8. The number of likely N-dealkylation sites (N-methyl/N-ethyl adjacent to an activating group) is 1. The van der Waals surface area contributed by atoms with Crippen LogP contribution in [0.4, 0.5) is 9.59 Å². The van der Waals surface area contributed by atoms with Crippen LogP contribution in [-0.4, -0.2) is 72.1 Å². The van der Waals surface area contributed by atoms with Gasteiger partial charge in [-0.1, -0.05) is 59.8 Å². The molecule has 270 valence electrons. The number of guanidine groups is 1. The zero-order valence-corrected chi connectivity index (χ0v) is 29.6. The van der Waals surface area contributed by atoms with Crippen molar-refractivity contribution in [1.29, 1.82) is 0 Å². The van der Waals surface area contributed by atoms with E-state index in [1.165, 1.54) is 11.9 Å². The zero-order valence-electron chi connectivity index (χ0n) is 28.7. The highest BCUT2D eigenvalue weighted by Gasteiger charge is 2.41. The lowest BCUT2D eigenvalue weighted by Gasteiger charge is -2.35. The minimum absolute atomic E-state index is 0.205. The summed E-state index contributed by atoms with van der Waals surface area (Å²) < 4.78 is 52.2. The molecule has 47 heavy (non-hydrogen) atoms. The van der Waals surface area contributed by atoms with Crippen LogP contribution in [0.3, 0.4) is 0 Å². The molecule has 3 rings (SSSR count). The van der Waals surface area contributed by atoms with Crippen LogP contribution in [0.2, 0.25) is 0 Å². The van der Waals surface area contributed by atoms with Gasteiger partial charge in [0.15, 0.2) is 0 Å². The van der Waals surface area contributed by atoms with Gasteiger partial charge in [0, 0.05) is 18.9 Å². The molecule has 0 aliphatic heterocycles. The van der Waals surface area contributed by atoms with Gasteiger partial charge in [-0.2, -0.15) is 0 Å². The second-order valence-electron chi connectivity index (χ2n) is 13.6. The van der Waals surface area contributed by atoms with E-state index in [1.54, 1.807) is 27.7 Å². The summed E-state index contributed by atoms with van der Waals surface area (Å²) in [5.74, 6) is -2.83. The molecule has 3 saturated carbocycles. The minimum atomic E-state index is -4.79. The molecule has 0 aromatic carbocycles. The Labute approximate surface area is 279 Å². The van der Waals surface area contributed by atoms with Gasteiger partial charge in [-0.15, -0.1) is 4.76 Å². The average molecular weight is 690 g/mol. The first-order valence-electron chi connectivity index (χ1n) is 17.3. The van der Waals surface area contributed by atoms with Crippen molar-refractivity contribution in [1.82, 2.24) is 4.90 Å². The van der Waals surface area contributed by atoms with Crippen LogP contribution in [0.5, 0.6) is 0 Å². The molecule has 3 unspecified atom stereocenters. The van der Waals surface area contributed by atoms with E-state index >= 15 is 0 Å². The third-order valence-electron chi connectivity index (χ3n) is 8.97. The molecule has 0 heterocycles. The summed E-state index contributed by atoms with van der Waals surface area (Å²) in [5, 5.41) is 10.1. The van der Waals surface area contributed by atoms with Crippen molar-refractivity contribution in [3.8, 4) is 0 Å². The highest BCUT2D eigenvalue weighted by atomic mass is 31.2. The Kier molecular flexibility index (Phi) is 15.6. The number of nitrogens with two attached hydrogens (primary N) is 1. The first-order valence-corrected chi connectivity index (χ1v) is 18.8. The van der Waals surface area contributed by atoms with Crippen molar-refractivity contribution < 1.29 is 52.1 Å². The number of hydrogen-bond donors (Lipinski definition) is 2. The van der Waals surface area contributed by atoms with Crippen molar-refractivity contribution in [2.45, 2.75) is 155 Å². The summed E-state index contributed by atoms with van der Waals surface area (Å²) in [6, 6.07) is -1.04. The average Bonchev–Trinajstić information content (AvgIpc) is 3.01. The number of aliphatic carboxylic acids is 1. The van der Waals surface area contributed by atoms with Crippen molar-refractivity contribution in [3.05, 3.63) is 0 Å². The van der Waals surface area contributed by atoms with Gasteiger partial charge in [-0.25, -0.2) is 28.0 Å². The lowest BCUT2D eigenvalue weighted by Crippen LogP contribution is -2.50. The SMILES string of the molecule is CC(C)C(OC(=O)OC1CCCCC1)OP(=O)(N=C(N)N(C)C(C(=O)O)C1CCCCC1)OC(OC(=O)OC1CCCCC1)C(C)C. The number of carboxylic acids is 1. The monoisotopic (exact) mass is 689 g/mol. The molecule has 0 saturated heterocycles. The van der Waals surface area contributed by atoms with Crippen LogP contribution in [0, 0.1) is 17.8 Å². The fourth-order valence-electron chi connectivity index (χ4n) is 6.25. The maximum Gasteiger partial charge on any atom is 0.510 e. The van der Waals surface area contributed by atoms with Gasteiger partial charge in [-0.05, 0) is 70.1 Å². The van der Waals surface area contributed by atoms with E-state index < -0.39 is 62.4 Å². The van der Waals surface area contributed by atoms with Crippen molar-refractivity contribution in [3.63, 3.8) is 0 Å². The van der Waals surface area contributed by atoms with Crippen molar-refractivity contribution in [2.75, 3.05) is 7.05 Å². The molecular formula is C32H56N3O11P. The summed E-state index contributed by atoms with van der Waals surface area (Å²) in [5.41, 5.74) is 6.32. The van der Waals surface area contributed by atoms with Gasteiger partial charge in [-0.3, -0.25) is 0 Å². The Balaban J connectivity index is 1.87. The number of carbonyl (C=O) groups excluding carboxylic acids is 2. The van der Waals surface area contributed by atoms with Crippen LogP contribution in [-0.2, 0) is 37.4 Å². The smallest absolute Gasteiger partial charge is 0.480 e. The van der Waals surface area contributed by atoms with Crippen LogP contribution in [0.1, 0.15) is 124 Å². The number of carboxylic acid groups (broad SMARTS) is 1. The summed E-state index contributed by atoms with van der Waals surface area (Å²) in [7, 11) is -3.34. The van der Waals surface area contributed by atoms with Gasteiger partial charge < -0.3 is 34.7 Å². The van der Waals surface area contributed by atoms with Gasteiger partial charge in [0.2, 0.25) is 18.5 Å². The number of carbonyl (C=O) groups is 3. The van der Waals surface area contributed by atoms with Crippen molar-refractivity contribution in [2.24, 2.45) is 28.3 Å². The van der Waals surface area contributed by atoms with E-state index in [4.69, 9.17) is 33.7 Å². The van der Waals surface area contributed by atoms with Crippen LogP contribution in [0.25, 0.3) is 0 Å². The number of ether oxygens (including phenoxy) is 4. The molecule has 3 fully saturated rings. The molecule has 14 nitrogen and oxygen atoms in total. The highest BCUT2D eigenvalue weighted by molar-refractivity contribution is 7.52. The molecule has 3 N–H and O–H groups in total. The van der Waals surface area contributed by atoms with Crippen LogP contribution in [0.15, 0.2) is 4.76 Å². The van der Waals surface area contributed by atoms with E-state index in [-0.39, 0.29) is 18.1 Å². The fraction of sp³-hybridized carbons (Fsp3) is 0.875. The van der Waals surface area contributed by atoms with Crippen LogP contribution >= 0.6 is 7.75 Å². The maximum absolute atomic E-state index is 14.5. The van der Waals surface area contributed by atoms with Crippen molar-refractivity contribution >= 4 is 32.0 Å². The molecule has 0 bridgehead atoms. The topological polar surface area (TPSA) is 186 Å². The molecule has 0 radical (unpaired) electrons. The van der Waals surface area contributed by atoms with E-state index in [2.05, 4.69) is 4.76 Å². The maximum atomic E-state index is 14.5. The Morgan fingerprint density at radius 2 is 1.11 bits per heavy atom. The first-order chi connectivity index (χ1) is 22.3. The van der Waals surface area contributed by atoms with E-state index in [0.29, 0.717) is 38.5 Å². The molecule has 0 spiro atoms. The molecule has 0 amide bonds. The Bertz CT molecular complexity index is 1030. The predicted molar refractivity (Wildman–Crippen MR) is 173 cm³/mol. The fourth-order valence-corrected chi connectivity index (χ4v) is 7.88. The molecule has 3 atom stereocenters. The normalized spacial score (nSPS) is 22.1. The Morgan fingerprint density at radius 3 is 1.47 bits per heavy atom. The number of rotatable bonds is 14. The van der Waals surface area contributed by atoms with Gasteiger partial charge in [0.05, 0.1) is 0 Å². The van der Waals surface area contributed by atoms with Gasteiger partial charge in [0.25, 0.3) is 0 Å². The largest absolute Gasteiger partial charge is 0.510 e. The molecule has 0 aromatic heterocycles. The second-order valence-corrected chi connectivity index (χ2v) is 15.2. The predicted octanol–water partition coefficient (Wildman–Crippen LogP) is 7.34. The van der Waals surface area contributed by atoms with E-state index in [1.807, 2.05) is 0 Å². The molecule has 15 heteroatoms. The molecule has 3 aliphatic rings. The highest BCUT2D eigenvalue weighted by Crippen LogP contribution is 2.54. The quantitative estimate of drug-likeness (QED) is 0.0607. The lowest BCUT2D eigenvalue weighted by atomic mass is 9.83. The summed E-state index contributed by atoms with van der Waals surface area (Å²) in [6.07, 6.45) is 7.41. The third kappa shape index (κ3) is 12.8. The van der Waals surface area contributed by atoms with E-state index in [0.717, 1.165) is 57.8 Å². The lowest BCUT2D eigenvalue weighted by molar-refractivity contribution is -0.144. The summed E-state index contributed by atoms with van der Waals surface area (Å²) in [4.78, 5) is 39.2. The third-order valence-corrected chi connectivity index (χ3v) is 10.4. The van der Waals surface area contributed by atoms with E-state index in [9.17, 15) is 24.1 Å². The van der Waals surface area contributed by atoms with Gasteiger partial charge >= 0.3 is 26.0 Å². The Hall–Kier alpha value is -2.57. The molecule has 3 aliphatic carbocycles.